The molecule has 0 aromatic heterocycles. The summed E-state index contributed by atoms with van der Waals surface area (Å²) in [4.78, 5) is 25.4. The molecule has 5 heteroatoms. The topological polar surface area (TPSA) is 69.6 Å². The quantitative estimate of drug-likeness (QED) is 0.806. The summed E-state index contributed by atoms with van der Waals surface area (Å²) in [7, 11) is 1.74. The lowest BCUT2D eigenvalue weighted by atomic mass is 9.82. The maximum Gasteiger partial charge on any atom is 0.329 e. The van der Waals surface area contributed by atoms with E-state index in [1.54, 1.807) is 11.9 Å². The predicted octanol–water partition coefficient (Wildman–Crippen LogP) is 2.60. The highest BCUT2D eigenvalue weighted by Gasteiger charge is 2.41. The van der Waals surface area contributed by atoms with E-state index in [0.717, 1.165) is 32.1 Å². The third kappa shape index (κ3) is 3.61. The molecule has 0 heterocycles. The first-order chi connectivity index (χ1) is 8.96. The van der Waals surface area contributed by atoms with Crippen molar-refractivity contribution in [1.29, 1.82) is 0 Å². The molecule has 19 heavy (non-hydrogen) atoms. The molecule has 1 aliphatic carbocycles. The number of nitrogens with one attached hydrogen (secondary N) is 1. The summed E-state index contributed by atoms with van der Waals surface area (Å²) in [6, 6.07) is -0.104. The number of carbonyl (C=O) groups excluding carboxylic acids is 1. The number of aliphatic carboxylic acids is 1. The second kappa shape index (κ2) is 6.78. The van der Waals surface area contributed by atoms with Gasteiger partial charge in [0.1, 0.15) is 5.54 Å². The van der Waals surface area contributed by atoms with Gasteiger partial charge in [-0.1, -0.05) is 33.1 Å². The van der Waals surface area contributed by atoms with E-state index in [1.807, 2.05) is 13.8 Å². The van der Waals surface area contributed by atoms with E-state index in [0.29, 0.717) is 12.8 Å². The molecule has 0 saturated heterocycles. The Morgan fingerprint density at radius 3 is 2.16 bits per heavy atom. The van der Waals surface area contributed by atoms with Crippen LogP contribution >= 0.6 is 0 Å². The lowest BCUT2D eigenvalue weighted by molar-refractivity contribution is -0.146. The Morgan fingerprint density at radius 2 is 1.74 bits per heavy atom. The molecule has 5 nitrogen and oxygen atoms in total. The lowest BCUT2D eigenvalue weighted by Gasteiger charge is -2.37. The molecular formula is C14H26N2O3. The second-order valence-corrected chi connectivity index (χ2v) is 5.46. The van der Waals surface area contributed by atoms with Crippen LogP contribution in [0.15, 0.2) is 0 Å². The maximum atomic E-state index is 12.2. The highest BCUT2D eigenvalue weighted by atomic mass is 16.4. The molecule has 0 aliphatic heterocycles. The highest BCUT2D eigenvalue weighted by molar-refractivity contribution is 5.86. The minimum atomic E-state index is -1.06. The zero-order valence-corrected chi connectivity index (χ0v) is 12.2. The summed E-state index contributed by atoms with van der Waals surface area (Å²) < 4.78 is 0. The summed E-state index contributed by atoms with van der Waals surface area (Å²) in [6.45, 7) is 4.07. The molecule has 2 N–H and O–H groups in total. The molecule has 0 bridgehead atoms. The molecule has 0 aromatic rings. The fourth-order valence-electron chi connectivity index (χ4n) is 2.84. The predicted molar refractivity (Wildman–Crippen MR) is 74.1 cm³/mol. The molecular weight excluding hydrogens is 244 g/mol. The number of amides is 2. The second-order valence-electron chi connectivity index (χ2n) is 5.46. The Labute approximate surface area is 115 Å². The number of carboxylic acid groups (broad SMARTS) is 1. The summed E-state index contributed by atoms with van der Waals surface area (Å²) in [5, 5.41) is 12.2. The third-order valence-electron chi connectivity index (χ3n) is 4.27. The van der Waals surface area contributed by atoms with Crippen LogP contribution in [0.25, 0.3) is 0 Å². The molecule has 0 unspecified atom stereocenters. The Kier molecular flexibility index (Phi) is 5.63. The number of hydrogen-bond donors (Lipinski definition) is 2. The molecule has 1 aliphatic rings. The van der Waals surface area contributed by atoms with Gasteiger partial charge in [0.2, 0.25) is 0 Å². The summed E-state index contributed by atoms with van der Waals surface area (Å²) in [5.74, 6) is -0.904. The van der Waals surface area contributed by atoms with Gasteiger partial charge in [0.25, 0.3) is 0 Å². The standard InChI is InChI=1S/C14H26N2O3/c1-4-11(5-2)16(3)13(19)15-14(12(17)18)9-7-6-8-10-14/h11H,4-10H2,1-3H3,(H,15,19)(H,17,18). The van der Waals surface area contributed by atoms with Gasteiger partial charge >= 0.3 is 12.0 Å². The van der Waals surface area contributed by atoms with E-state index < -0.39 is 11.5 Å². The van der Waals surface area contributed by atoms with Gasteiger partial charge in [-0.2, -0.15) is 0 Å². The molecule has 1 saturated carbocycles. The minimum absolute atomic E-state index is 0.162. The number of carboxylic acids is 1. The molecule has 0 aromatic carbocycles. The van der Waals surface area contributed by atoms with Gasteiger partial charge in [-0.15, -0.1) is 0 Å². The molecule has 2 amide bonds. The Balaban J connectivity index is 2.74. The van der Waals surface area contributed by atoms with E-state index in [4.69, 9.17) is 0 Å². The van der Waals surface area contributed by atoms with Crippen LogP contribution in [-0.4, -0.2) is 40.6 Å². The Bertz CT molecular complexity index is 321. The van der Waals surface area contributed by atoms with Gasteiger partial charge in [-0.3, -0.25) is 0 Å². The molecule has 0 spiro atoms. The zero-order valence-electron chi connectivity index (χ0n) is 12.2. The largest absolute Gasteiger partial charge is 0.480 e. The third-order valence-corrected chi connectivity index (χ3v) is 4.27. The Morgan fingerprint density at radius 1 is 1.21 bits per heavy atom. The lowest BCUT2D eigenvalue weighted by Crippen LogP contribution is -2.59. The van der Waals surface area contributed by atoms with Gasteiger partial charge < -0.3 is 15.3 Å². The SMILES string of the molecule is CCC(CC)N(C)C(=O)NC1(C(=O)O)CCCCC1. The van der Waals surface area contributed by atoms with Crippen LogP contribution in [0.3, 0.4) is 0 Å². The summed E-state index contributed by atoms with van der Waals surface area (Å²) >= 11 is 0. The molecule has 1 fully saturated rings. The van der Waals surface area contributed by atoms with E-state index >= 15 is 0 Å². The van der Waals surface area contributed by atoms with E-state index in [-0.39, 0.29) is 12.1 Å². The zero-order chi connectivity index (χ0) is 14.5. The monoisotopic (exact) mass is 270 g/mol. The van der Waals surface area contributed by atoms with Crippen LogP contribution in [-0.2, 0) is 4.79 Å². The normalized spacial score (nSPS) is 18.1. The maximum absolute atomic E-state index is 12.2. The highest BCUT2D eigenvalue weighted by Crippen LogP contribution is 2.28. The number of urea groups is 1. The van der Waals surface area contributed by atoms with Crippen molar-refractivity contribution in [2.75, 3.05) is 7.05 Å². The molecule has 1 rings (SSSR count). The van der Waals surface area contributed by atoms with Gasteiger partial charge in [-0.25, -0.2) is 9.59 Å². The van der Waals surface area contributed by atoms with Crippen molar-refractivity contribution in [2.45, 2.75) is 70.4 Å². The first kappa shape index (κ1) is 15.8. The van der Waals surface area contributed by atoms with E-state index in [2.05, 4.69) is 5.32 Å². The van der Waals surface area contributed by atoms with Crippen LogP contribution < -0.4 is 5.32 Å². The van der Waals surface area contributed by atoms with E-state index in [1.165, 1.54) is 0 Å². The summed E-state index contributed by atoms with van der Waals surface area (Å²) in [6.07, 6.45) is 5.59. The van der Waals surface area contributed by atoms with Gasteiger partial charge in [0.15, 0.2) is 0 Å². The Hall–Kier alpha value is -1.26. The van der Waals surface area contributed by atoms with Crippen molar-refractivity contribution in [3.8, 4) is 0 Å². The molecule has 0 radical (unpaired) electrons. The van der Waals surface area contributed by atoms with Crippen molar-refractivity contribution in [1.82, 2.24) is 10.2 Å². The van der Waals surface area contributed by atoms with Crippen molar-refractivity contribution in [3.63, 3.8) is 0 Å². The fraction of sp³-hybridized carbons (Fsp3) is 0.857. The van der Waals surface area contributed by atoms with Crippen LogP contribution in [0.2, 0.25) is 0 Å². The molecule has 110 valence electrons. The smallest absolute Gasteiger partial charge is 0.329 e. The van der Waals surface area contributed by atoms with Crippen molar-refractivity contribution < 1.29 is 14.7 Å². The van der Waals surface area contributed by atoms with Crippen molar-refractivity contribution in [3.05, 3.63) is 0 Å². The number of carbonyl (C=O) groups is 2. The number of hydrogen-bond acceptors (Lipinski definition) is 2. The minimum Gasteiger partial charge on any atom is -0.480 e. The first-order valence-corrected chi connectivity index (χ1v) is 7.25. The number of nitrogens with zero attached hydrogens (tertiary/aromatic N) is 1. The van der Waals surface area contributed by atoms with Crippen LogP contribution in [0.4, 0.5) is 4.79 Å². The van der Waals surface area contributed by atoms with Crippen LogP contribution in [0, 0.1) is 0 Å². The van der Waals surface area contributed by atoms with Gasteiger partial charge in [-0.05, 0) is 25.7 Å². The van der Waals surface area contributed by atoms with Crippen molar-refractivity contribution >= 4 is 12.0 Å². The van der Waals surface area contributed by atoms with Gasteiger partial charge in [0.05, 0.1) is 0 Å². The van der Waals surface area contributed by atoms with Gasteiger partial charge in [0, 0.05) is 13.1 Å². The van der Waals surface area contributed by atoms with Crippen molar-refractivity contribution in [2.24, 2.45) is 0 Å². The average Bonchev–Trinajstić information content (AvgIpc) is 2.40. The van der Waals surface area contributed by atoms with Crippen LogP contribution in [0.1, 0.15) is 58.8 Å². The first-order valence-electron chi connectivity index (χ1n) is 7.25. The van der Waals surface area contributed by atoms with Crippen LogP contribution in [0.5, 0.6) is 0 Å². The number of rotatable bonds is 5. The summed E-state index contributed by atoms with van der Waals surface area (Å²) in [5.41, 5.74) is -1.06. The average molecular weight is 270 g/mol. The fourth-order valence-corrected chi connectivity index (χ4v) is 2.84. The van der Waals surface area contributed by atoms with E-state index in [9.17, 15) is 14.7 Å². The molecule has 0 atom stereocenters.